The van der Waals surface area contributed by atoms with Crippen LogP contribution >= 0.6 is 31.9 Å². The highest BCUT2D eigenvalue weighted by molar-refractivity contribution is 9.10. The summed E-state index contributed by atoms with van der Waals surface area (Å²) >= 11 is 6.56. The fourth-order valence-electron chi connectivity index (χ4n) is 1.56. The molecule has 0 fully saturated rings. The number of nitrogens with zero attached hydrogens (tertiary/aromatic N) is 3. The van der Waals surface area contributed by atoms with Gasteiger partial charge in [0.1, 0.15) is 5.82 Å². The van der Waals surface area contributed by atoms with E-state index in [4.69, 9.17) is 5.73 Å². The van der Waals surface area contributed by atoms with Crippen molar-refractivity contribution in [3.63, 3.8) is 0 Å². The van der Waals surface area contributed by atoms with Crippen molar-refractivity contribution < 1.29 is 4.39 Å². The predicted molar refractivity (Wildman–Crippen MR) is 81.1 cm³/mol. The Morgan fingerprint density at radius 2 is 2.26 bits per heavy atom. The second-order valence-corrected chi connectivity index (χ2v) is 5.31. The number of halogens is 3. The molecule has 0 saturated carbocycles. The van der Waals surface area contributed by atoms with Crippen LogP contribution in [0, 0.1) is 12.7 Å². The van der Waals surface area contributed by atoms with Gasteiger partial charge in [-0.15, -0.1) is 0 Å². The molecule has 1 aromatic carbocycles. The molecule has 19 heavy (non-hydrogen) atoms. The van der Waals surface area contributed by atoms with Crippen molar-refractivity contribution in [1.82, 2.24) is 9.66 Å². The molecule has 0 spiro atoms. The van der Waals surface area contributed by atoms with Gasteiger partial charge in [0.2, 0.25) is 5.95 Å². The summed E-state index contributed by atoms with van der Waals surface area (Å²) in [5, 5.41) is 4.52. The van der Waals surface area contributed by atoms with Gasteiger partial charge in [-0.3, -0.25) is 0 Å². The van der Waals surface area contributed by atoms with Gasteiger partial charge in [0.05, 0.1) is 18.1 Å². The fraction of sp³-hybridized carbons (Fsp3) is 0.167. The number of alkyl halides is 1. The molecule has 2 rings (SSSR count). The molecule has 4 nitrogen and oxygen atoms in total. The standard InChI is InChI=1S/C12H11Br2FN4/c1-7-6-19(12(16)18-7)17-5-8-2-3-10(14)9(4-13)11(8)15/h2-3,5-6H,4H2,1H3,(H2,16,18). The summed E-state index contributed by atoms with van der Waals surface area (Å²) in [5.74, 6) is -0.0441. The summed E-state index contributed by atoms with van der Waals surface area (Å²) in [4.78, 5) is 4.01. The first-order valence-electron chi connectivity index (χ1n) is 5.41. The van der Waals surface area contributed by atoms with E-state index in [0.717, 1.165) is 10.2 Å². The van der Waals surface area contributed by atoms with Gasteiger partial charge >= 0.3 is 0 Å². The monoisotopic (exact) mass is 388 g/mol. The van der Waals surface area contributed by atoms with Gasteiger partial charge < -0.3 is 5.73 Å². The minimum absolute atomic E-state index is 0.270. The molecule has 0 radical (unpaired) electrons. The van der Waals surface area contributed by atoms with Gasteiger partial charge in [-0.25, -0.2) is 14.1 Å². The van der Waals surface area contributed by atoms with Gasteiger partial charge in [0.15, 0.2) is 0 Å². The first-order chi connectivity index (χ1) is 9.02. The molecule has 2 N–H and O–H groups in total. The summed E-state index contributed by atoms with van der Waals surface area (Å²) < 4.78 is 16.3. The highest BCUT2D eigenvalue weighted by atomic mass is 79.9. The van der Waals surface area contributed by atoms with Crippen molar-refractivity contribution in [2.45, 2.75) is 12.3 Å². The molecule has 0 aliphatic carbocycles. The summed E-state index contributed by atoms with van der Waals surface area (Å²) in [6, 6.07) is 3.43. The first kappa shape index (κ1) is 14.2. The van der Waals surface area contributed by atoms with Crippen LogP contribution < -0.4 is 5.73 Å². The van der Waals surface area contributed by atoms with Crippen molar-refractivity contribution >= 4 is 44.0 Å². The van der Waals surface area contributed by atoms with Gasteiger partial charge in [-0.05, 0) is 19.1 Å². The van der Waals surface area contributed by atoms with Crippen LogP contribution in [0.4, 0.5) is 10.3 Å². The Morgan fingerprint density at radius 1 is 1.53 bits per heavy atom. The minimum atomic E-state index is -0.314. The third kappa shape index (κ3) is 3.03. The maximum atomic E-state index is 14.1. The molecular formula is C12H11Br2FN4. The van der Waals surface area contributed by atoms with Crippen LogP contribution in [0.1, 0.15) is 16.8 Å². The predicted octanol–water partition coefficient (Wildman–Crippen LogP) is 3.45. The molecule has 0 unspecified atom stereocenters. The largest absolute Gasteiger partial charge is 0.368 e. The van der Waals surface area contributed by atoms with Crippen molar-refractivity contribution in [2.24, 2.45) is 5.10 Å². The maximum Gasteiger partial charge on any atom is 0.221 e. The minimum Gasteiger partial charge on any atom is -0.368 e. The number of aromatic nitrogens is 2. The number of nitrogen functional groups attached to an aromatic ring is 1. The Kier molecular flexibility index (Phi) is 4.36. The molecule has 0 amide bonds. The SMILES string of the molecule is Cc1cn(N=Cc2ccc(Br)c(CBr)c2F)c(N)n1. The second-order valence-electron chi connectivity index (χ2n) is 3.89. The summed E-state index contributed by atoms with van der Waals surface area (Å²) in [6.45, 7) is 1.81. The van der Waals surface area contributed by atoms with Gasteiger partial charge in [0, 0.05) is 20.9 Å². The van der Waals surface area contributed by atoms with Gasteiger partial charge in [-0.1, -0.05) is 31.9 Å². The molecule has 0 aliphatic heterocycles. The third-order valence-corrected chi connectivity index (χ3v) is 3.81. The van der Waals surface area contributed by atoms with E-state index in [2.05, 4.69) is 41.9 Å². The van der Waals surface area contributed by atoms with E-state index in [1.165, 1.54) is 10.9 Å². The zero-order valence-corrected chi connectivity index (χ0v) is 13.2. The van der Waals surface area contributed by atoms with Crippen molar-refractivity contribution in [3.8, 4) is 0 Å². The highest BCUT2D eigenvalue weighted by Crippen LogP contribution is 2.24. The number of hydrogen-bond donors (Lipinski definition) is 1. The number of nitrogens with two attached hydrogens (primary N) is 1. The van der Waals surface area contributed by atoms with Crippen LogP contribution in [0.15, 0.2) is 27.9 Å². The lowest BCUT2D eigenvalue weighted by atomic mass is 10.1. The van der Waals surface area contributed by atoms with E-state index in [1.54, 1.807) is 18.3 Å². The lowest BCUT2D eigenvalue weighted by molar-refractivity contribution is 0.614. The van der Waals surface area contributed by atoms with Crippen molar-refractivity contribution in [1.29, 1.82) is 0 Å². The Bertz CT molecular complexity index is 637. The van der Waals surface area contributed by atoms with Crippen LogP contribution in [0.5, 0.6) is 0 Å². The van der Waals surface area contributed by atoms with Crippen LogP contribution in [0.3, 0.4) is 0 Å². The number of hydrogen-bond acceptors (Lipinski definition) is 3. The van der Waals surface area contributed by atoms with Gasteiger partial charge in [0.25, 0.3) is 0 Å². The first-order valence-corrected chi connectivity index (χ1v) is 7.33. The Balaban J connectivity index is 2.36. The number of anilines is 1. The highest BCUT2D eigenvalue weighted by Gasteiger charge is 2.09. The number of benzene rings is 1. The zero-order chi connectivity index (χ0) is 14.0. The second kappa shape index (κ2) is 5.83. The third-order valence-electron chi connectivity index (χ3n) is 2.51. The van der Waals surface area contributed by atoms with E-state index in [9.17, 15) is 4.39 Å². The van der Waals surface area contributed by atoms with E-state index in [0.29, 0.717) is 16.5 Å². The van der Waals surface area contributed by atoms with E-state index in [1.807, 2.05) is 6.92 Å². The number of imidazole rings is 1. The Hall–Kier alpha value is -1.21. The molecule has 0 aliphatic rings. The lowest BCUT2D eigenvalue weighted by Gasteiger charge is -2.05. The van der Waals surface area contributed by atoms with Crippen LogP contribution in [-0.4, -0.2) is 15.9 Å². The lowest BCUT2D eigenvalue weighted by Crippen LogP contribution is -1.99. The quantitative estimate of drug-likeness (QED) is 0.645. The number of aryl methyl sites for hydroxylation is 1. The van der Waals surface area contributed by atoms with Crippen LogP contribution in [-0.2, 0) is 5.33 Å². The molecule has 100 valence electrons. The molecule has 0 saturated heterocycles. The zero-order valence-electron chi connectivity index (χ0n) is 10.1. The van der Waals surface area contributed by atoms with E-state index >= 15 is 0 Å². The van der Waals surface area contributed by atoms with Gasteiger partial charge in [-0.2, -0.15) is 5.10 Å². The molecule has 2 aromatic rings. The van der Waals surface area contributed by atoms with Crippen molar-refractivity contribution in [3.05, 3.63) is 45.4 Å². The Morgan fingerprint density at radius 3 is 2.84 bits per heavy atom. The Labute approximate surface area is 126 Å². The van der Waals surface area contributed by atoms with Crippen molar-refractivity contribution in [2.75, 3.05) is 5.73 Å². The maximum absolute atomic E-state index is 14.1. The average molecular weight is 390 g/mol. The molecular weight excluding hydrogens is 379 g/mol. The van der Waals surface area contributed by atoms with E-state index in [-0.39, 0.29) is 11.8 Å². The van der Waals surface area contributed by atoms with Crippen LogP contribution in [0.25, 0.3) is 0 Å². The van der Waals surface area contributed by atoms with Crippen LogP contribution in [0.2, 0.25) is 0 Å². The molecule has 7 heteroatoms. The molecule has 1 aromatic heterocycles. The smallest absolute Gasteiger partial charge is 0.221 e. The molecule has 0 atom stereocenters. The normalized spacial score (nSPS) is 11.4. The summed E-state index contributed by atoms with van der Waals surface area (Å²) in [6.07, 6.45) is 3.10. The fourth-order valence-corrected chi connectivity index (χ4v) is 2.93. The topological polar surface area (TPSA) is 56.2 Å². The van der Waals surface area contributed by atoms with E-state index < -0.39 is 0 Å². The summed E-state index contributed by atoms with van der Waals surface area (Å²) in [5.41, 5.74) is 7.36. The number of rotatable bonds is 3. The summed E-state index contributed by atoms with van der Waals surface area (Å²) in [7, 11) is 0. The average Bonchev–Trinajstić information content (AvgIpc) is 2.67. The molecule has 1 heterocycles. The molecule has 0 bridgehead atoms.